The fourth-order valence-corrected chi connectivity index (χ4v) is 2.36. The second-order valence-corrected chi connectivity index (χ2v) is 5.39. The summed E-state index contributed by atoms with van der Waals surface area (Å²) >= 11 is 0. The molecule has 0 unspecified atom stereocenters. The van der Waals surface area contributed by atoms with E-state index >= 15 is 0 Å². The molecule has 0 aromatic heterocycles. The van der Waals surface area contributed by atoms with Gasteiger partial charge in [-0.15, -0.1) is 0 Å². The summed E-state index contributed by atoms with van der Waals surface area (Å²) in [7, 11) is 0. The summed E-state index contributed by atoms with van der Waals surface area (Å²) in [5.74, 6) is -1.75. The van der Waals surface area contributed by atoms with Crippen molar-refractivity contribution in [2.75, 3.05) is 18.0 Å². The van der Waals surface area contributed by atoms with Crippen LogP contribution in [0.4, 0.5) is 10.1 Å². The van der Waals surface area contributed by atoms with Gasteiger partial charge in [0.2, 0.25) is 0 Å². The van der Waals surface area contributed by atoms with Crippen molar-refractivity contribution < 1.29 is 14.0 Å². The van der Waals surface area contributed by atoms with Gasteiger partial charge in [0.05, 0.1) is 11.3 Å². The molecule has 0 atom stereocenters. The predicted octanol–water partition coefficient (Wildman–Crippen LogP) is 2.05. The molecule has 1 aliphatic heterocycles. The third-order valence-corrected chi connectivity index (χ3v) is 3.27. The maximum atomic E-state index is 14.0. The maximum absolute atomic E-state index is 14.0. The van der Waals surface area contributed by atoms with E-state index in [2.05, 4.69) is 5.32 Å². The maximum Gasteiger partial charge on any atom is 0.299 e. The van der Waals surface area contributed by atoms with E-state index in [9.17, 15) is 14.0 Å². The minimum atomic E-state index is -0.631. The van der Waals surface area contributed by atoms with Gasteiger partial charge in [0, 0.05) is 12.6 Å². The molecule has 0 saturated heterocycles. The number of hydrogen-bond acceptors (Lipinski definition) is 3. The zero-order chi connectivity index (χ0) is 14.9. The molecule has 1 heterocycles. The highest BCUT2D eigenvalue weighted by atomic mass is 19.1. The lowest BCUT2D eigenvalue weighted by atomic mass is 10.1. The Labute approximate surface area is 118 Å². The Hall–Kier alpha value is -1.75. The van der Waals surface area contributed by atoms with Crippen LogP contribution in [0.5, 0.6) is 0 Å². The summed E-state index contributed by atoms with van der Waals surface area (Å²) in [6, 6.07) is 3.28. The van der Waals surface area contributed by atoms with Gasteiger partial charge in [0.15, 0.2) is 0 Å². The van der Waals surface area contributed by atoms with Crippen molar-refractivity contribution in [3.05, 3.63) is 29.1 Å². The number of nitrogens with one attached hydrogen (secondary N) is 1. The van der Waals surface area contributed by atoms with Crippen molar-refractivity contribution in [1.29, 1.82) is 0 Å². The molecular formula is C15H19FN2O2. The quantitative estimate of drug-likeness (QED) is 0.662. The van der Waals surface area contributed by atoms with Crippen molar-refractivity contribution in [2.45, 2.75) is 33.2 Å². The van der Waals surface area contributed by atoms with Crippen LogP contribution in [0.15, 0.2) is 12.1 Å². The first-order valence-corrected chi connectivity index (χ1v) is 6.81. The zero-order valence-electron chi connectivity index (χ0n) is 12.0. The Balaban J connectivity index is 2.16. The molecule has 5 heteroatoms. The monoisotopic (exact) mass is 278 g/mol. The second-order valence-electron chi connectivity index (χ2n) is 5.39. The largest absolute Gasteiger partial charge is 0.314 e. The van der Waals surface area contributed by atoms with Gasteiger partial charge in [-0.3, -0.25) is 9.59 Å². The van der Waals surface area contributed by atoms with Crippen LogP contribution in [-0.2, 0) is 4.79 Å². The Morgan fingerprint density at radius 2 is 2.00 bits per heavy atom. The number of anilines is 1. The van der Waals surface area contributed by atoms with Crippen molar-refractivity contribution >= 4 is 17.4 Å². The van der Waals surface area contributed by atoms with Crippen molar-refractivity contribution in [3.63, 3.8) is 0 Å². The summed E-state index contributed by atoms with van der Waals surface area (Å²) in [6.07, 6.45) is 0.671. The molecule has 4 nitrogen and oxygen atoms in total. The second kappa shape index (κ2) is 5.71. The summed E-state index contributed by atoms with van der Waals surface area (Å²) in [4.78, 5) is 25.1. The van der Waals surface area contributed by atoms with Gasteiger partial charge in [-0.05, 0) is 37.6 Å². The number of Topliss-reactive ketones (excluding diaryl/α,β-unsaturated/α-hetero) is 1. The number of hydrogen-bond donors (Lipinski definition) is 1. The molecule has 0 fully saturated rings. The SMILES string of the molecule is Cc1cc(F)c2c(c1)C(=O)C(=O)N2CCCNC(C)C. The van der Waals surface area contributed by atoms with Crippen LogP contribution in [0.2, 0.25) is 0 Å². The average molecular weight is 278 g/mol. The van der Waals surface area contributed by atoms with Crippen LogP contribution in [0, 0.1) is 12.7 Å². The van der Waals surface area contributed by atoms with Crippen molar-refractivity contribution in [2.24, 2.45) is 0 Å². The Kier molecular flexibility index (Phi) is 4.18. The van der Waals surface area contributed by atoms with Crippen LogP contribution < -0.4 is 10.2 Å². The summed E-state index contributed by atoms with van der Waals surface area (Å²) in [5.41, 5.74) is 0.963. The third kappa shape index (κ3) is 2.72. The van der Waals surface area contributed by atoms with Crippen LogP contribution in [0.1, 0.15) is 36.2 Å². The Morgan fingerprint density at radius 3 is 2.65 bits per heavy atom. The van der Waals surface area contributed by atoms with E-state index in [1.54, 1.807) is 13.0 Å². The average Bonchev–Trinajstić information content (AvgIpc) is 2.59. The lowest BCUT2D eigenvalue weighted by Gasteiger charge is -2.18. The zero-order valence-corrected chi connectivity index (χ0v) is 12.0. The molecule has 1 N–H and O–H groups in total. The van der Waals surface area contributed by atoms with Crippen LogP contribution >= 0.6 is 0 Å². The predicted molar refractivity (Wildman–Crippen MR) is 75.6 cm³/mol. The number of benzene rings is 1. The number of carbonyl (C=O) groups excluding carboxylic acids is 2. The molecule has 0 radical (unpaired) electrons. The minimum Gasteiger partial charge on any atom is -0.314 e. The highest BCUT2D eigenvalue weighted by Crippen LogP contribution is 2.32. The molecule has 1 aromatic carbocycles. The number of ketones is 1. The van der Waals surface area contributed by atoms with E-state index in [4.69, 9.17) is 0 Å². The van der Waals surface area contributed by atoms with Gasteiger partial charge in [-0.2, -0.15) is 0 Å². The van der Waals surface area contributed by atoms with Crippen molar-refractivity contribution in [1.82, 2.24) is 5.32 Å². The lowest BCUT2D eigenvalue weighted by Crippen LogP contribution is -2.33. The van der Waals surface area contributed by atoms with Gasteiger partial charge < -0.3 is 10.2 Å². The number of halogens is 1. The van der Waals surface area contributed by atoms with Crippen LogP contribution in [0.3, 0.4) is 0 Å². The van der Waals surface area contributed by atoms with E-state index in [1.807, 2.05) is 13.8 Å². The lowest BCUT2D eigenvalue weighted by molar-refractivity contribution is -0.114. The number of fused-ring (bicyclic) bond motifs is 1. The number of nitrogens with zero attached hydrogens (tertiary/aromatic N) is 1. The van der Waals surface area contributed by atoms with E-state index < -0.39 is 17.5 Å². The highest BCUT2D eigenvalue weighted by Gasteiger charge is 2.37. The summed E-state index contributed by atoms with van der Waals surface area (Å²) in [5, 5.41) is 3.23. The van der Waals surface area contributed by atoms with Crippen molar-refractivity contribution in [3.8, 4) is 0 Å². The first-order chi connectivity index (χ1) is 9.41. The molecule has 1 amide bonds. The third-order valence-electron chi connectivity index (χ3n) is 3.27. The molecule has 2 rings (SSSR count). The molecule has 0 spiro atoms. The Bertz CT molecular complexity index is 555. The highest BCUT2D eigenvalue weighted by molar-refractivity contribution is 6.52. The number of rotatable bonds is 5. The topological polar surface area (TPSA) is 49.4 Å². The fraction of sp³-hybridized carbons (Fsp3) is 0.467. The number of carbonyl (C=O) groups is 2. The molecule has 20 heavy (non-hydrogen) atoms. The Morgan fingerprint density at radius 1 is 1.30 bits per heavy atom. The first kappa shape index (κ1) is 14.7. The normalized spacial score (nSPS) is 14.3. The van der Waals surface area contributed by atoms with Crippen LogP contribution in [-0.4, -0.2) is 30.8 Å². The van der Waals surface area contributed by atoms with Gasteiger partial charge >= 0.3 is 0 Å². The van der Waals surface area contributed by atoms with E-state index in [-0.39, 0.29) is 11.3 Å². The van der Waals surface area contributed by atoms with E-state index in [0.29, 0.717) is 24.6 Å². The fourth-order valence-electron chi connectivity index (χ4n) is 2.36. The van der Waals surface area contributed by atoms with Gasteiger partial charge in [-0.1, -0.05) is 13.8 Å². The summed E-state index contributed by atoms with van der Waals surface area (Å²) < 4.78 is 14.0. The molecule has 0 bridgehead atoms. The van der Waals surface area contributed by atoms with E-state index in [0.717, 1.165) is 6.54 Å². The summed E-state index contributed by atoms with van der Waals surface area (Å²) in [6.45, 7) is 6.83. The molecule has 0 saturated carbocycles. The van der Waals surface area contributed by atoms with Gasteiger partial charge in [0.25, 0.3) is 11.7 Å². The standard InChI is InChI=1S/C15H19FN2O2/c1-9(2)17-5-4-6-18-13-11(14(19)15(18)20)7-10(3)8-12(13)16/h7-9,17H,4-6H2,1-3H3. The smallest absolute Gasteiger partial charge is 0.299 e. The van der Waals surface area contributed by atoms with Gasteiger partial charge in [-0.25, -0.2) is 4.39 Å². The number of amides is 1. The molecule has 1 aliphatic rings. The minimum absolute atomic E-state index is 0.134. The van der Waals surface area contributed by atoms with Gasteiger partial charge in [0.1, 0.15) is 5.82 Å². The molecule has 108 valence electrons. The molecule has 0 aliphatic carbocycles. The number of aryl methyl sites for hydroxylation is 1. The molecule has 1 aromatic rings. The first-order valence-electron chi connectivity index (χ1n) is 6.81. The van der Waals surface area contributed by atoms with E-state index in [1.165, 1.54) is 11.0 Å². The molecular weight excluding hydrogens is 259 g/mol. The van der Waals surface area contributed by atoms with Crippen LogP contribution in [0.25, 0.3) is 0 Å².